The minimum absolute atomic E-state index is 0.400. The molecular formula is C26H29N7O2S. The fourth-order valence-corrected chi connectivity index (χ4v) is 5.19. The number of imidazole rings is 1. The van der Waals surface area contributed by atoms with Crippen molar-refractivity contribution in [2.24, 2.45) is 0 Å². The number of fused-ring (bicyclic) bond motifs is 1. The molecule has 2 aromatic heterocycles. The van der Waals surface area contributed by atoms with Crippen molar-refractivity contribution in [1.29, 1.82) is 0 Å². The van der Waals surface area contributed by atoms with Crippen LogP contribution in [-0.4, -0.2) is 59.6 Å². The highest BCUT2D eigenvalue weighted by Crippen LogP contribution is 2.32. The van der Waals surface area contributed by atoms with E-state index >= 15 is 0 Å². The molecule has 10 heteroatoms. The van der Waals surface area contributed by atoms with Gasteiger partial charge in [0.05, 0.1) is 18.1 Å². The summed E-state index contributed by atoms with van der Waals surface area (Å²) in [6.07, 6.45) is 7.30. The third kappa shape index (κ3) is 4.82. The normalized spacial score (nSPS) is 13.9. The summed E-state index contributed by atoms with van der Waals surface area (Å²) in [5.41, 5.74) is 7.92. The average Bonchev–Trinajstić information content (AvgIpc) is 3.35. The maximum Gasteiger partial charge on any atom is 0.224 e. The first kappa shape index (κ1) is 24.0. The second-order valence-electron chi connectivity index (χ2n) is 9.26. The predicted molar refractivity (Wildman–Crippen MR) is 143 cm³/mol. The molecule has 36 heavy (non-hydrogen) atoms. The molecule has 4 aromatic rings. The Bertz CT molecular complexity index is 1510. The number of anilines is 3. The smallest absolute Gasteiger partial charge is 0.224 e. The number of nitrogens with one attached hydrogen (secondary N) is 2. The maximum atomic E-state index is 12.0. The van der Waals surface area contributed by atoms with Crippen molar-refractivity contribution in [2.45, 2.75) is 19.9 Å². The Balaban J connectivity index is 1.40. The van der Waals surface area contributed by atoms with Crippen molar-refractivity contribution < 1.29 is 8.42 Å². The van der Waals surface area contributed by atoms with E-state index < -0.39 is 10.0 Å². The molecular weight excluding hydrogens is 474 g/mol. The van der Waals surface area contributed by atoms with Crippen LogP contribution < -0.4 is 10.2 Å². The van der Waals surface area contributed by atoms with E-state index in [0.717, 1.165) is 50.7 Å². The van der Waals surface area contributed by atoms with Crippen molar-refractivity contribution >= 4 is 27.3 Å². The van der Waals surface area contributed by atoms with Gasteiger partial charge in [-0.05, 0) is 48.2 Å². The topological polar surface area (TPSA) is 107 Å². The molecule has 0 atom stereocenters. The molecule has 0 bridgehead atoms. The zero-order valence-corrected chi connectivity index (χ0v) is 21.6. The van der Waals surface area contributed by atoms with Crippen LogP contribution in [0.15, 0.2) is 55.0 Å². The van der Waals surface area contributed by atoms with Gasteiger partial charge in [-0.2, -0.15) is 4.31 Å². The van der Waals surface area contributed by atoms with E-state index in [0.29, 0.717) is 25.5 Å². The molecule has 1 aliphatic rings. The molecule has 0 spiro atoms. The van der Waals surface area contributed by atoms with Gasteiger partial charge in [-0.3, -0.25) is 0 Å². The van der Waals surface area contributed by atoms with Crippen LogP contribution in [0.5, 0.6) is 0 Å². The first-order chi connectivity index (χ1) is 17.2. The molecule has 0 fully saturated rings. The van der Waals surface area contributed by atoms with E-state index in [1.807, 2.05) is 43.3 Å². The Kier molecular flexibility index (Phi) is 6.23. The lowest BCUT2D eigenvalue weighted by molar-refractivity contribution is 0.395. The molecule has 3 heterocycles. The number of benzene rings is 2. The summed E-state index contributed by atoms with van der Waals surface area (Å²) in [6, 6.07) is 12.2. The quantitative estimate of drug-likeness (QED) is 0.410. The van der Waals surface area contributed by atoms with Crippen LogP contribution in [0.1, 0.15) is 16.7 Å². The van der Waals surface area contributed by atoms with Gasteiger partial charge < -0.3 is 15.2 Å². The van der Waals surface area contributed by atoms with Crippen LogP contribution in [0.3, 0.4) is 0 Å². The van der Waals surface area contributed by atoms with E-state index in [2.05, 4.69) is 44.3 Å². The van der Waals surface area contributed by atoms with E-state index in [-0.39, 0.29) is 0 Å². The van der Waals surface area contributed by atoms with Gasteiger partial charge in [0, 0.05) is 62.1 Å². The summed E-state index contributed by atoms with van der Waals surface area (Å²) in [7, 11) is 0.598. The highest BCUT2D eigenvalue weighted by atomic mass is 32.2. The van der Waals surface area contributed by atoms with Gasteiger partial charge in [0.15, 0.2) is 0 Å². The summed E-state index contributed by atoms with van der Waals surface area (Å²) in [5, 5.41) is 3.54. The Morgan fingerprint density at radius 1 is 1.06 bits per heavy atom. The third-order valence-corrected chi connectivity index (χ3v) is 7.65. The Hall–Kier alpha value is -3.76. The van der Waals surface area contributed by atoms with Crippen molar-refractivity contribution in [2.75, 3.05) is 37.1 Å². The average molecular weight is 504 g/mol. The van der Waals surface area contributed by atoms with Gasteiger partial charge in [0.1, 0.15) is 5.82 Å². The molecule has 0 radical (unpaired) electrons. The van der Waals surface area contributed by atoms with Gasteiger partial charge in [0.25, 0.3) is 0 Å². The minimum atomic E-state index is -3.21. The maximum absolute atomic E-state index is 12.0. The van der Waals surface area contributed by atoms with Gasteiger partial charge >= 0.3 is 0 Å². The fourth-order valence-electron chi connectivity index (χ4n) is 4.39. The van der Waals surface area contributed by atoms with Crippen LogP contribution >= 0.6 is 0 Å². The largest absolute Gasteiger partial charge is 0.355 e. The van der Waals surface area contributed by atoms with Gasteiger partial charge in [-0.25, -0.2) is 23.4 Å². The number of sulfonamides is 1. The van der Waals surface area contributed by atoms with Crippen LogP contribution in [0.25, 0.3) is 22.6 Å². The Labute approximate surface area is 211 Å². The predicted octanol–water partition coefficient (Wildman–Crippen LogP) is 3.97. The second kappa shape index (κ2) is 9.36. The van der Waals surface area contributed by atoms with E-state index in [4.69, 9.17) is 0 Å². The van der Waals surface area contributed by atoms with Crippen LogP contribution in [0.2, 0.25) is 0 Å². The number of rotatable bonds is 6. The SMILES string of the molecule is Cc1ccc(Nc2cccc3c2CCN(S(C)(=O)=O)C3)cc1-c1ncc(-c2cnc(N(C)C)nc2)[nH]1. The first-order valence-corrected chi connectivity index (χ1v) is 13.5. The molecule has 186 valence electrons. The van der Waals surface area contributed by atoms with E-state index in [9.17, 15) is 8.42 Å². The Morgan fingerprint density at radius 2 is 1.83 bits per heavy atom. The molecule has 0 unspecified atom stereocenters. The highest BCUT2D eigenvalue weighted by molar-refractivity contribution is 7.88. The molecule has 2 aromatic carbocycles. The molecule has 0 aliphatic carbocycles. The van der Waals surface area contributed by atoms with Crippen LogP contribution in [0, 0.1) is 6.92 Å². The number of hydrogen-bond acceptors (Lipinski definition) is 7. The standard InChI is InChI=1S/C26H29N7O2S/c1-17-8-9-20(30-23-7-5-6-18-16-33(36(4,34)35)11-10-21(18)23)12-22(17)25-27-15-24(31-25)19-13-28-26(29-14-19)32(2)3/h5-9,12-15,30H,10-11,16H2,1-4H3,(H,27,31). The summed E-state index contributed by atoms with van der Waals surface area (Å²) in [5.74, 6) is 1.42. The van der Waals surface area contributed by atoms with Crippen LogP contribution in [0.4, 0.5) is 17.3 Å². The summed E-state index contributed by atoms with van der Waals surface area (Å²) < 4.78 is 25.5. The second-order valence-corrected chi connectivity index (χ2v) is 11.2. The summed E-state index contributed by atoms with van der Waals surface area (Å²) in [4.78, 5) is 18.7. The molecule has 0 saturated heterocycles. The lowest BCUT2D eigenvalue weighted by Crippen LogP contribution is -2.35. The number of aromatic nitrogens is 4. The van der Waals surface area contributed by atoms with Crippen molar-refractivity contribution in [3.63, 3.8) is 0 Å². The zero-order valence-electron chi connectivity index (χ0n) is 20.8. The number of hydrogen-bond donors (Lipinski definition) is 2. The van der Waals surface area contributed by atoms with Gasteiger partial charge in [0.2, 0.25) is 16.0 Å². The molecule has 9 nitrogen and oxygen atoms in total. The molecule has 5 rings (SSSR count). The van der Waals surface area contributed by atoms with Crippen molar-refractivity contribution in [1.82, 2.24) is 24.2 Å². The highest BCUT2D eigenvalue weighted by Gasteiger charge is 2.24. The molecule has 1 aliphatic heterocycles. The first-order valence-electron chi connectivity index (χ1n) is 11.7. The number of aryl methyl sites for hydroxylation is 1. The molecule has 0 amide bonds. The van der Waals surface area contributed by atoms with Crippen molar-refractivity contribution in [3.8, 4) is 22.6 Å². The van der Waals surface area contributed by atoms with Crippen molar-refractivity contribution in [3.05, 3.63) is 71.7 Å². The lowest BCUT2D eigenvalue weighted by Gasteiger charge is -2.28. The van der Waals surface area contributed by atoms with E-state index in [1.54, 1.807) is 18.6 Å². The van der Waals surface area contributed by atoms with Crippen LogP contribution in [-0.2, 0) is 23.0 Å². The number of H-pyrrole nitrogens is 1. The summed E-state index contributed by atoms with van der Waals surface area (Å²) in [6.45, 7) is 2.94. The van der Waals surface area contributed by atoms with E-state index in [1.165, 1.54) is 10.6 Å². The molecule has 0 saturated carbocycles. The number of nitrogens with zero attached hydrogens (tertiary/aromatic N) is 5. The zero-order chi connectivity index (χ0) is 25.4. The van der Waals surface area contributed by atoms with Gasteiger partial charge in [-0.15, -0.1) is 0 Å². The third-order valence-electron chi connectivity index (χ3n) is 6.40. The Morgan fingerprint density at radius 3 is 2.56 bits per heavy atom. The monoisotopic (exact) mass is 503 g/mol. The van der Waals surface area contributed by atoms with Gasteiger partial charge in [-0.1, -0.05) is 18.2 Å². The molecule has 2 N–H and O–H groups in total. The number of aromatic amines is 1. The lowest BCUT2D eigenvalue weighted by atomic mass is 9.98. The minimum Gasteiger partial charge on any atom is -0.355 e. The summed E-state index contributed by atoms with van der Waals surface area (Å²) >= 11 is 0. The fraction of sp³-hybridized carbons (Fsp3) is 0.269.